The second kappa shape index (κ2) is 8.22. The predicted octanol–water partition coefficient (Wildman–Crippen LogP) is 2.91. The summed E-state index contributed by atoms with van der Waals surface area (Å²) >= 11 is 0. The number of aryl methyl sites for hydroxylation is 2. The van der Waals surface area contributed by atoms with E-state index in [2.05, 4.69) is 37.9 Å². The van der Waals surface area contributed by atoms with Gasteiger partial charge in [-0.1, -0.05) is 62.4 Å². The van der Waals surface area contributed by atoms with Crippen molar-refractivity contribution in [2.24, 2.45) is 0 Å². The molecule has 0 saturated carbocycles. The van der Waals surface area contributed by atoms with Crippen molar-refractivity contribution in [2.75, 3.05) is 0 Å². The van der Waals surface area contributed by atoms with Gasteiger partial charge >= 0.3 is 5.69 Å². The highest BCUT2D eigenvalue weighted by molar-refractivity contribution is 5.80. The monoisotopic (exact) mass is 389 g/mol. The largest absolute Gasteiger partial charge is 0.346 e. The molecule has 0 fully saturated rings. The zero-order valence-corrected chi connectivity index (χ0v) is 16.5. The Morgan fingerprint density at radius 2 is 1.76 bits per heavy atom. The summed E-state index contributed by atoms with van der Waals surface area (Å²) < 4.78 is 3.33. The van der Waals surface area contributed by atoms with Crippen molar-refractivity contribution in [1.82, 2.24) is 35.0 Å². The average molecular weight is 389 g/mol. The van der Waals surface area contributed by atoms with Gasteiger partial charge in [-0.25, -0.2) is 14.6 Å². The standard InChI is InChI=1S/C21H23N7O/c1-3-13-28-21(29)27(19(4-2)24-28)14-15-9-11-16(12-10-15)17-7-5-6-8-18(17)20-22-25-26-23-20/h5-12H,3-4,13-14H2,1-2H3,(H,22,23,25,26). The van der Waals surface area contributed by atoms with E-state index in [-0.39, 0.29) is 5.69 Å². The molecule has 0 aliphatic carbocycles. The molecule has 148 valence electrons. The normalized spacial score (nSPS) is 11.1. The first-order valence-corrected chi connectivity index (χ1v) is 9.80. The summed E-state index contributed by atoms with van der Waals surface area (Å²) in [5, 5.41) is 18.7. The van der Waals surface area contributed by atoms with E-state index in [9.17, 15) is 4.79 Å². The van der Waals surface area contributed by atoms with Crippen LogP contribution in [0.4, 0.5) is 0 Å². The van der Waals surface area contributed by atoms with Gasteiger partial charge in [0.2, 0.25) is 0 Å². The molecule has 0 radical (unpaired) electrons. The number of benzene rings is 2. The maximum Gasteiger partial charge on any atom is 0.346 e. The lowest BCUT2D eigenvalue weighted by molar-refractivity contribution is 0.569. The van der Waals surface area contributed by atoms with E-state index in [0.29, 0.717) is 18.9 Å². The minimum absolute atomic E-state index is 0.0454. The Morgan fingerprint density at radius 3 is 2.41 bits per heavy atom. The molecular formula is C21H23N7O. The van der Waals surface area contributed by atoms with Gasteiger partial charge in [-0.3, -0.25) is 4.57 Å². The molecule has 8 heteroatoms. The Labute approximate surface area is 168 Å². The molecule has 0 spiro atoms. The lowest BCUT2D eigenvalue weighted by Crippen LogP contribution is -2.25. The highest BCUT2D eigenvalue weighted by Crippen LogP contribution is 2.29. The number of hydrogen-bond donors (Lipinski definition) is 1. The van der Waals surface area contributed by atoms with E-state index in [4.69, 9.17) is 0 Å². The van der Waals surface area contributed by atoms with Crippen molar-refractivity contribution in [3.63, 3.8) is 0 Å². The third-order valence-corrected chi connectivity index (χ3v) is 4.88. The highest BCUT2D eigenvalue weighted by Gasteiger charge is 2.13. The van der Waals surface area contributed by atoms with E-state index in [0.717, 1.165) is 40.9 Å². The van der Waals surface area contributed by atoms with Gasteiger partial charge in [-0.2, -0.15) is 5.10 Å². The smallest absolute Gasteiger partial charge is 0.274 e. The van der Waals surface area contributed by atoms with Crippen LogP contribution in [0, 0.1) is 0 Å². The number of tetrazole rings is 1. The van der Waals surface area contributed by atoms with E-state index in [1.54, 1.807) is 9.25 Å². The van der Waals surface area contributed by atoms with E-state index in [1.165, 1.54) is 0 Å². The summed E-state index contributed by atoms with van der Waals surface area (Å²) in [5.74, 6) is 1.45. The Bertz CT molecular complexity index is 1140. The van der Waals surface area contributed by atoms with Gasteiger partial charge in [0.15, 0.2) is 5.82 Å². The number of rotatable bonds is 7. The molecule has 0 bridgehead atoms. The zero-order chi connectivity index (χ0) is 20.2. The fourth-order valence-corrected chi connectivity index (χ4v) is 3.45. The highest BCUT2D eigenvalue weighted by atomic mass is 16.2. The molecule has 2 aromatic carbocycles. The number of aromatic nitrogens is 7. The van der Waals surface area contributed by atoms with Crippen LogP contribution in [-0.2, 0) is 19.5 Å². The van der Waals surface area contributed by atoms with Gasteiger partial charge in [0.25, 0.3) is 0 Å². The van der Waals surface area contributed by atoms with Crippen molar-refractivity contribution >= 4 is 0 Å². The van der Waals surface area contributed by atoms with Crippen molar-refractivity contribution in [1.29, 1.82) is 0 Å². The van der Waals surface area contributed by atoms with Gasteiger partial charge in [0.05, 0.1) is 6.54 Å². The Balaban J connectivity index is 1.63. The van der Waals surface area contributed by atoms with E-state index >= 15 is 0 Å². The predicted molar refractivity (Wildman–Crippen MR) is 110 cm³/mol. The third-order valence-electron chi connectivity index (χ3n) is 4.88. The molecule has 0 atom stereocenters. The lowest BCUT2D eigenvalue weighted by atomic mass is 9.98. The topological polar surface area (TPSA) is 94.3 Å². The summed E-state index contributed by atoms with van der Waals surface area (Å²) in [4.78, 5) is 12.6. The van der Waals surface area contributed by atoms with Crippen LogP contribution in [0.15, 0.2) is 53.3 Å². The van der Waals surface area contributed by atoms with Crippen LogP contribution < -0.4 is 5.69 Å². The molecule has 4 rings (SSSR count). The van der Waals surface area contributed by atoms with Gasteiger partial charge in [0.1, 0.15) is 5.82 Å². The fourth-order valence-electron chi connectivity index (χ4n) is 3.45. The maximum absolute atomic E-state index is 12.6. The lowest BCUT2D eigenvalue weighted by Gasteiger charge is -2.09. The minimum Gasteiger partial charge on any atom is -0.274 e. The van der Waals surface area contributed by atoms with Crippen molar-refractivity contribution in [2.45, 2.75) is 39.8 Å². The summed E-state index contributed by atoms with van der Waals surface area (Å²) in [5.41, 5.74) is 4.05. The molecule has 2 heterocycles. The second-order valence-corrected chi connectivity index (χ2v) is 6.85. The summed E-state index contributed by atoms with van der Waals surface area (Å²) in [6.45, 7) is 5.22. The molecule has 0 aliphatic heterocycles. The zero-order valence-electron chi connectivity index (χ0n) is 16.5. The van der Waals surface area contributed by atoms with Crippen LogP contribution in [0.5, 0.6) is 0 Å². The van der Waals surface area contributed by atoms with Gasteiger partial charge in [-0.15, -0.1) is 5.10 Å². The number of hydrogen-bond acceptors (Lipinski definition) is 5. The fraction of sp³-hybridized carbons (Fsp3) is 0.286. The second-order valence-electron chi connectivity index (χ2n) is 6.85. The molecule has 1 N–H and O–H groups in total. The van der Waals surface area contributed by atoms with E-state index in [1.807, 2.05) is 50.2 Å². The van der Waals surface area contributed by atoms with Crippen LogP contribution in [0.1, 0.15) is 31.7 Å². The molecule has 0 aliphatic rings. The number of nitrogens with one attached hydrogen (secondary N) is 1. The van der Waals surface area contributed by atoms with Gasteiger partial charge in [0, 0.05) is 18.5 Å². The van der Waals surface area contributed by atoms with Crippen molar-refractivity contribution in [3.05, 3.63) is 70.4 Å². The van der Waals surface area contributed by atoms with Crippen LogP contribution in [0.25, 0.3) is 22.5 Å². The van der Waals surface area contributed by atoms with Crippen LogP contribution in [-0.4, -0.2) is 35.0 Å². The quantitative estimate of drug-likeness (QED) is 0.524. The molecule has 4 aromatic rings. The van der Waals surface area contributed by atoms with Crippen LogP contribution in [0.3, 0.4) is 0 Å². The molecule has 8 nitrogen and oxygen atoms in total. The van der Waals surface area contributed by atoms with Crippen LogP contribution in [0.2, 0.25) is 0 Å². The molecular weight excluding hydrogens is 366 g/mol. The molecule has 2 aromatic heterocycles. The number of aromatic amines is 1. The first-order valence-electron chi connectivity index (χ1n) is 9.80. The minimum atomic E-state index is -0.0454. The SMILES string of the molecule is CCCn1nc(CC)n(Cc2ccc(-c3ccccc3-c3nnn[nH]3)cc2)c1=O. The van der Waals surface area contributed by atoms with Crippen molar-refractivity contribution < 1.29 is 0 Å². The van der Waals surface area contributed by atoms with Gasteiger partial charge in [-0.05, 0) is 33.5 Å². The van der Waals surface area contributed by atoms with E-state index < -0.39 is 0 Å². The average Bonchev–Trinajstić information content (AvgIpc) is 3.39. The summed E-state index contributed by atoms with van der Waals surface area (Å²) in [6.07, 6.45) is 1.61. The Hall–Kier alpha value is -3.55. The van der Waals surface area contributed by atoms with Crippen LogP contribution >= 0.6 is 0 Å². The first kappa shape index (κ1) is 18.8. The molecule has 0 amide bonds. The Morgan fingerprint density at radius 1 is 1.00 bits per heavy atom. The molecule has 0 saturated heterocycles. The van der Waals surface area contributed by atoms with Crippen molar-refractivity contribution in [3.8, 4) is 22.5 Å². The molecule has 0 unspecified atom stereocenters. The molecule has 29 heavy (non-hydrogen) atoms. The maximum atomic E-state index is 12.6. The Kier molecular flexibility index (Phi) is 5.33. The summed E-state index contributed by atoms with van der Waals surface area (Å²) in [7, 11) is 0. The van der Waals surface area contributed by atoms with Gasteiger partial charge < -0.3 is 0 Å². The summed E-state index contributed by atoms with van der Waals surface area (Å²) in [6, 6.07) is 16.2. The number of nitrogens with zero attached hydrogens (tertiary/aromatic N) is 6. The number of H-pyrrole nitrogens is 1. The first-order chi connectivity index (χ1) is 14.2. The third kappa shape index (κ3) is 3.73.